The highest BCUT2D eigenvalue weighted by molar-refractivity contribution is 5.81. The first kappa shape index (κ1) is 22.4. The van der Waals surface area contributed by atoms with Crippen molar-refractivity contribution in [3.8, 4) is 0 Å². The number of hydrogen-bond acceptors (Lipinski definition) is 8. The van der Waals surface area contributed by atoms with Crippen molar-refractivity contribution in [3.05, 3.63) is 0 Å². The van der Waals surface area contributed by atoms with Gasteiger partial charge in [-0.3, -0.25) is 19.8 Å². The van der Waals surface area contributed by atoms with E-state index in [0.29, 0.717) is 32.7 Å². The fourth-order valence-corrected chi connectivity index (χ4v) is 5.58. The van der Waals surface area contributed by atoms with Crippen LogP contribution in [0.1, 0.15) is 12.8 Å². The summed E-state index contributed by atoms with van der Waals surface area (Å²) in [5, 5.41) is 10.8. The van der Waals surface area contributed by atoms with Crippen molar-refractivity contribution in [3.63, 3.8) is 0 Å². The molecule has 4 aliphatic heterocycles. The number of piperidine rings is 1. The molecule has 7 atom stereocenters. The number of carbonyl (C=O) groups excluding carboxylic acids is 2. The highest BCUT2D eigenvalue weighted by Gasteiger charge is 2.48. The van der Waals surface area contributed by atoms with Crippen LogP contribution in [-0.4, -0.2) is 116 Å². The predicted octanol–water partition coefficient (Wildman–Crippen LogP) is -2.68. The van der Waals surface area contributed by atoms with E-state index in [0.717, 1.165) is 12.8 Å². The molecule has 0 aromatic rings. The number of rotatable bonds is 4. The molecule has 1 aliphatic carbocycles. The van der Waals surface area contributed by atoms with Gasteiger partial charge in [-0.2, -0.15) is 0 Å². The third-order valence-corrected chi connectivity index (χ3v) is 7.41. The lowest BCUT2D eigenvalue weighted by Crippen LogP contribution is -2.68. The summed E-state index contributed by atoms with van der Waals surface area (Å²) >= 11 is 0. The molecule has 0 radical (unpaired) electrons. The van der Waals surface area contributed by atoms with Crippen LogP contribution in [0.3, 0.4) is 0 Å². The average Bonchev–Trinajstić information content (AvgIpc) is 3.56. The van der Waals surface area contributed by atoms with Gasteiger partial charge in [0.15, 0.2) is 0 Å². The SMILES string of the molecule is NC1NN2CC(F)CNC2C1C(=O)NC1CNCC(F)C1N1CCN(C(=O)C2CC2)CC1. The molecule has 0 aromatic heterocycles. The Labute approximate surface area is 186 Å². The summed E-state index contributed by atoms with van der Waals surface area (Å²) in [5.74, 6) is -0.474. The van der Waals surface area contributed by atoms with Gasteiger partial charge >= 0.3 is 0 Å². The highest BCUT2D eigenvalue weighted by Crippen LogP contribution is 2.31. The average molecular weight is 457 g/mol. The summed E-state index contributed by atoms with van der Waals surface area (Å²) in [7, 11) is 0. The predicted molar refractivity (Wildman–Crippen MR) is 112 cm³/mol. The zero-order chi connectivity index (χ0) is 22.4. The van der Waals surface area contributed by atoms with Gasteiger partial charge in [0.25, 0.3) is 0 Å². The number of amides is 2. The molecule has 4 saturated heterocycles. The molecule has 1 saturated carbocycles. The molecule has 2 amide bonds. The number of alkyl halides is 2. The van der Waals surface area contributed by atoms with Gasteiger partial charge in [-0.1, -0.05) is 0 Å². The van der Waals surface area contributed by atoms with Crippen LogP contribution in [0.4, 0.5) is 8.78 Å². The van der Waals surface area contributed by atoms with Crippen LogP contribution in [0.25, 0.3) is 0 Å². The molecule has 180 valence electrons. The van der Waals surface area contributed by atoms with Crippen molar-refractivity contribution in [1.82, 2.24) is 36.2 Å². The van der Waals surface area contributed by atoms with Crippen LogP contribution in [0, 0.1) is 11.8 Å². The smallest absolute Gasteiger partial charge is 0.229 e. The van der Waals surface area contributed by atoms with Crippen LogP contribution in [0.5, 0.6) is 0 Å². The molecule has 10 nitrogen and oxygen atoms in total. The first-order chi connectivity index (χ1) is 15.4. The second kappa shape index (κ2) is 9.07. The summed E-state index contributed by atoms with van der Waals surface area (Å²) < 4.78 is 28.8. The Morgan fingerprint density at radius 3 is 2.50 bits per heavy atom. The third-order valence-electron chi connectivity index (χ3n) is 7.41. The number of carbonyl (C=O) groups is 2. The number of nitrogens with one attached hydrogen (secondary N) is 4. The number of nitrogens with two attached hydrogens (primary N) is 1. The van der Waals surface area contributed by atoms with E-state index in [1.165, 1.54) is 0 Å². The molecule has 7 unspecified atom stereocenters. The Bertz CT molecular complexity index is 720. The van der Waals surface area contributed by atoms with Gasteiger partial charge in [0.05, 0.1) is 30.3 Å². The highest BCUT2D eigenvalue weighted by atomic mass is 19.1. The van der Waals surface area contributed by atoms with Crippen molar-refractivity contribution < 1.29 is 18.4 Å². The van der Waals surface area contributed by atoms with Gasteiger partial charge in [-0.25, -0.2) is 19.2 Å². The maximum atomic E-state index is 15.1. The van der Waals surface area contributed by atoms with Crippen molar-refractivity contribution in [2.45, 2.75) is 49.6 Å². The monoisotopic (exact) mass is 456 g/mol. The van der Waals surface area contributed by atoms with Gasteiger partial charge in [-0.15, -0.1) is 0 Å². The van der Waals surface area contributed by atoms with E-state index < -0.39 is 42.7 Å². The number of hydrazine groups is 1. The first-order valence-electron chi connectivity index (χ1n) is 11.8. The van der Waals surface area contributed by atoms with Crippen LogP contribution in [-0.2, 0) is 9.59 Å². The molecule has 5 fully saturated rings. The van der Waals surface area contributed by atoms with E-state index in [1.807, 2.05) is 4.90 Å². The van der Waals surface area contributed by atoms with E-state index in [9.17, 15) is 14.0 Å². The molecule has 0 spiro atoms. The van der Waals surface area contributed by atoms with Crippen molar-refractivity contribution in [2.75, 3.05) is 52.4 Å². The van der Waals surface area contributed by atoms with E-state index in [2.05, 4.69) is 26.3 Å². The van der Waals surface area contributed by atoms with E-state index >= 15 is 4.39 Å². The van der Waals surface area contributed by atoms with Crippen molar-refractivity contribution >= 4 is 11.8 Å². The molecule has 0 aromatic carbocycles. The maximum Gasteiger partial charge on any atom is 0.229 e. The molecule has 32 heavy (non-hydrogen) atoms. The summed E-state index contributed by atoms with van der Waals surface area (Å²) in [5.41, 5.74) is 9.13. The zero-order valence-corrected chi connectivity index (χ0v) is 18.2. The molecule has 0 bridgehead atoms. The molecule has 4 heterocycles. The first-order valence-corrected chi connectivity index (χ1v) is 11.8. The number of halogens is 2. The normalized spacial score (nSPS) is 41.3. The Morgan fingerprint density at radius 1 is 1.03 bits per heavy atom. The summed E-state index contributed by atoms with van der Waals surface area (Å²) in [6.45, 7) is 3.40. The fourth-order valence-electron chi connectivity index (χ4n) is 5.58. The Balaban J connectivity index is 1.22. The topological polar surface area (TPSA) is 118 Å². The van der Waals surface area contributed by atoms with E-state index in [1.54, 1.807) is 5.01 Å². The quantitative estimate of drug-likeness (QED) is 0.311. The molecule has 5 rings (SSSR count). The summed E-state index contributed by atoms with van der Waals surface area (Å²) in [6, 6.07) is -0.884. The van der Waals surface area contributed by atoms with E-state index in [4.69, 9.17) is 5.73 Å². The van der Waals surface area contributed by atoms with Crippen LogP contribution in [0.15, 0.2) is 0 Å². The lowest BCUT2D eigenvalue weighted by Gasteiger charge is -2.46. The largest absolute Gasteiger partial charge is 0.350 e. The number of hydrogen-bond donors (Lipinski definition) is 5. The molecule has 12 heteroatoms. The van der Waals surface area contributed by atoms with Gasteiger partial charge in [0, 0.05) is 58.3 Å². The minimum atomic E-state index is -1.13. The summed E-state index contributed by atoms with van der Waals surface area (Å²) in [6.07, 6.45) is -1.25. The number of nitrogens with zero attached hydrogens (tertiary/aromatic N) is 3. The van der Waals surface area contributed by atoms with E-state index in [-0.39, 0.29) is 37.4 Å². The van der Waals surface area contributed by atoms with Crippen molar-refractivity contribution in [2.24, 2.45) is 17.6 Å². The molecule has 6 N–H and O–H groups in total. The minimum absolute atomic E-state index is 0.166. The second-order valence-corrected chi connectivity index (χ2v) is 9.70. The van der Waals surface area contributed by atoms with Crippen LogP contribution < -0.4 is 27.1 Å². The van der Waals surface area contributed by atoms with Gasteiger partial charge < -0.3 is 21.3 Å². The maximum absolute atomic E-state index is 15.1. The van der Waals surface area contributed by atoms with Gasteiger partial charge in [0.2, 0.25) is 11.8 Å². The lowest BCUT2D eigenvalue weighted by molar-refractivity contribution is -0.135. The Kier molecular flexibility index (Phi) is 6.34. The Morgan fingerprint density at radius 2 is 1.78 bits per heavy atom. The van der Waals surface area contributed by atoms with Gasteiger partial charge in [0.1, 0.15) is 12.3 Å². The zero-order valence-electron chi connectivity index (χ0n) is 18.2. The Hall–Kier alpha value is -1.44. The standard InChI is InChI=1S/C20H34F2N8O2/c21-12-7-25-18-15(17(23)27-30(18)10-12)19(31)26-14-9-24-8-13(22)16(14)28-3-5-29(6-4-28)20(32)11-1-2-11/h11-18,24-25,27H,1-10,23H2,(H,26,31). The summed E-state index contributed by atoms with van der Waals surface area (Å²) in [4.78, 5) is 29.5. The van der Waals surface area contributed by atoms with Crippen LogP contribution >= 0.6 is 0 Å². The van der Waals surface area contributed by atoms with Gasteiger partial charge in [-0.05, 0) is 12.8 Å². The third kappa shape index (κ3) is 4.36. The molecule has 5 aliphatic rings. The number of fused-ring (bicyclic) bond motifs is 1. The lowest BCUT2D eigenvalue weighted by atomic mass is 9.94. The fraction of sp³-hybridized carbons (Fsp3) is 0.900. The minimum Gasteiger partial charge on any atom is -0.350 e. The number of piperazine rings is 1. The van der Waals surface area contributed by atoms with Crippen LogP contribution in [0.2, 0.25) is 0 Å². The molecular weight excluding hydrogens is 422 g/mol. The second-order valence-electron chi connectivity index (χ2n) is 9.70. The molecular formula is C20H34F2N8O2. The van der Waals surface area contributed by atoms with Crippen molar-refractivity contribution in [1.29, 1.82) is 0 Å².